The lowest BCUT2D eigenvalue weighted by molar-refractivity contribution is -0.384. The first-order valence-electron chi connectivity index (χ1n) is 7.74. The number of benzene rings is 2. The van der Waals surface area contributed by atoms with E-state index in [2.05, 4.69) is 5.32 Å². The number of nitro groups is 1. The van der Waals surface area contributed by atoms with E-state index in [-0.39, 0.29) is 29.8 Å². The third-order valence-corrected chi connectivity index (χ3v) is 3.65. The molecule has 0 saturated heterocycles. The van der Waals surface area contributed by atoms with Crippen LogP contribution in [-0.4, -0.2) is 22.0 Å². The van der Waals surface area contributed by atoms with Gasteiger partial charge in [-0.1, -0.05) is 24.3 Å². The number of nitrogens with one attached hydrogen (secondary N) is 1. The lowest BCUT2D eigenvalue weighted by Gasteiger charge is -2.14. The largest absolute Gasteiger partial charge is 0.508 e. The molecule has 2 rings (SSSR count). The zero-order chi connectivity index (χ0) is 17.5. The molecule has 6 heteroatoms. The number of nitro benzene ring substituents is 1. The van der Waals surface area contributed by atoms with Crippen LogP contribution in [0.2, 0.25) is 0 Å². The first-order valence-corrected chi connectivity index (χ1v) is 7.74. The number of aryl methyl sites for hydroxylation is 1. The maximum absolute atomic E-state index is 12.0. The van der Waals surface area contributed by atoms with E-state index >= 15 is 0 Å². The predicted octanol–water partition coefficient (Wildman–Crippen LogP) is 2.98. The van der Waals surface area contributed by atoms with Crippen molar-refractivity contribution in [1.29, 1.82) is 0 Å². The van der Waals surface area contributed by atoms with Gasteiger partial charge < -0.3 is 10.4 Å². The Bertz CT molecular complexity index is 713. The summed E-state index contributed by atoms with van der Waals surface area (Å²) in [4.78, 5) is 22.3. The second-order valence-electron chi connectivity index (χ2n) is 5.77. The zero-order valence-electron chi connectivity index (χ0n) is 13.4. The van der Waals surface area contributed by atoms with Gasteiger partial charge in [-0.25, -0.2) is 0 Å². The summed E-state index contributed by atoms with van der Waals surface area (Å²) in [7, 11) is 0. The van der Waals surface area contributed by atoms with Gasteiger partial charge in [-0.15, -0.1) is 0 Å². The Balaban J connectivity index is 1.81. The lowest BCUT2D eigenvalue weighted by atomic mass is 10.1. The fraction of sp³-hybridized carbons (Fsp3) is 0.278. The molecule has 0 bridgehead atoms. The quantitative estimate of drug-likeness (QED) is 0.603. The van der Waals surface area contributed by atoms with E-state index in [1.165, 1.54) is 12.1 Å². The van der Waals surface area contributed by atoms with Crippen LogP contribution in [-0.2, 0) is 17.6 Å². The molecule has 0 aromatic heterocycles. The van der Waals surface area contributed by atoms with Crippen LogP contribution in [0.15, 0.2) is 48.5 Å². The second kappa shape index (κ2) is 8.10. The van der Waals surface area contributed by atoms with Gasteiger partial charge in [0.2, 0.25) is 5.91 Å². The van der Waals surface area contributed by atoms with Crippen molar-refractivity contribution in [3.63, 3.8) is 0 Å². The molecule has 0 fully saturated rings. The average molecular weight is 328 g/mol. The van der Waals surface area contributed by atoms with Gasteiger partial charge in [0.1, 0.15) is 5.75 Å². The summed E-state index contributed by atoms with van der Waals surface area (Å²) in [5, 5.41) is 22.9. The van der Waals surface area contributed by atoms with Gasteiger partial charge in [0.25, 0.3) is 5.69 Å². The van der Waals surface area contributed by atoms with Crippen molar-refractivity contribution < 1.29 is 14.8 Å². The van der Waals surface area contributed by atoms with Crippen molar-refractivity contribution in [3.05, 3.63) is 69.8 Å². The number of nitrogens with zero attached hydrogens (tertiary/aromatic N) is 1. The van der Waals surface area contributed by atoms with Crippen LogP contribution in [0.5, 0.6) is 5.75 Å². The van der Waals surface area contributed by atoms with Crippen LogP contribution in [0.1, 0.15) is 24.5 Å². The van der Waals surface area contributed by atoms with E-state index in [1.54, 1.807) is 24.3 Å². The van der Waals surface area contributed by atoms with E-state index in [9.17, 15) is 20.0 Å². The molecule has 0 saturated carbocycles. The van der Waals surface area contributed by atoms with Crippen molar-refractivity contribution in [2.75, 3.05) is 0 Å². The van der Waals surface area contributed by atoms with Gasteiger partial charge in [0.05, 0.1) is 4.92 Å². The Hall–Kier alpha value is -2.89. The van der Waals surface area contributed by atoms with E-state index in [1.807, 2.05) is 19.1 Å². The summed E-state index contributed by atoms with van der Waals surface area (Å²) >= 11 is 0. The minimum atomic E-state index is -0.441. The number of hydrogen-bond donors (Lipinski definition) is 2. The van der Waals surface area contributed by atoms with Gasteiger partial charge >= 0.3 is 0 Å². The predicted molar refractivity (Wildman–Crippen MR) is 90.8 cm³/mol. The summed E-state index contributed by atoms with van der Waals surface area (Å²) in [6, 6.07) is 13.2. The molecular weight excluding hydrogens is 308 g/mol. The second-order valence-corrected chi connectivity index (χ2v) is 5.77. The molecule has 0 heterocycles. The molecule has 0 aliphatic rings. The number of non-ortho nitro benzene ring substituents is 1. The standard InChI is InChI=1S/C18H20N2O4/c1-13(11-15-5-8-17(21)9-6-15)19-18(22)10-7-14-3-2-4-16(12-14)20(23)24/h2-6,8-9,12-13,21H,7,10-11H2,1H3,(H,19,22)/t13-/m1/s1. The highest BCUT2D eigenvalue weighted by molar-refractivity contribution is 5.76. The van der Waals surface area contributed by atoms with Crippen LogP contribution in [0.3, 0.4) is 0 Å². The summed E-state index contributed by atoms with van der Waals surface area (Å²) in [5.41, 5.74) is 1.83. The van der Waals surface area contributed by atoms with Gasteiger partial charge in [-0.2, -0.15) is 0 Å². The summed E-state index contributed by atoms with van der Waals surface area (Å²) in [6.45, 7) is 1.91. The van der Waals surface area contributed by atoms with Gasteiger partial charge in [-0.05, 0) is 43.0 Å². The van der Waals surface area contributed by atoms with Crippen LogP contribution >= 0.6 is 0 Å². The fourth-order valence-electron chi connectivity index (χ4n) is 2.47. The smallest absolute Gasteiger partial charge is 0.269 e. The third kappa shape index (κ3) is 5.39. The minimum absolute atomic E-state index is 0.0350. The molecule has 0 spiro atoms. The van der Waals surface area contributed by atoms with E-state index in [0.717, 1.165) is 11.1 Å². The molecule has 0 unspecified atom stereocenters. The Labute approximate surface area is 140 Å². The van der Waals surface area contributed by atoms with Gasteiger partial charge in [-0.3, -0.25) is 14.9 Å². The van der Waals surface area contributed by atoms with Crippen molar-refractivity contribution in [3.8, 4) is 5.75 Å². The summed E-state index contributed by atoms with van der Waals surface area (Å²) < 4.78 is 0. The molecule has 126 valence electrons. The minimum Gasteiger partial charge on any atom is -0.508 e. The normalized spacial score (nSPS) is 11.7. The number of carbonyl (C=O) groups is 1. The molecule has 2 aromatic rings. The highest BCUT2D eigenvalue weighted by atomic mass is 16.6. The number of phenolic OH excluding ortho intramolecular Hbond substituents is 1. The van der Waals surface area contributed by atoms with Crippen LogP contribution in [0, 0.1) is 10.1 Å². The van der Waals surface area contributed by atoms with Crippen molar-refractivity contribution in [2.24, 2.45) is 0 Å². The molecule has 0 aliphatic heterocycles. The average Bonchev–Trinajstić information content (AvgIpc) is 2.55. The zero-order valence-corrected chi connectivity index (χ0v) is 13.4. The molecule has 0 aliphatic carbocycles. The molecular formula is C18H20N2O4. The molecule has 1 atom stereocenters. The monoisotopic (exact) mass is 328 g/mol. The SMILES string of the molecule is C[C@H](Cc1ccc(O)cc1)NC(=O)CCc1cccc([N+](=O)[O-])c1. The Morgan fingerprint density at radius 2 is 1.92 bits per heavy atom. The van der Waals surface area contributed by atoms with Crippen molar-refractivity contribution in [2.45, 2.75) is 32.2 Å². The fourth-order valence-corrected chi connectivity index (χ4v) is 2.47. The van der Waals surface area contributed by atoms with Crippen LogP contribution in [0.4, 0.5) is 5.69 Å². The first kappa shape index (κ1) is 17.5. The highest BCUT2D eigenvalue weighted by Gasteiger charge is 2.10. The number of hydrogen-bond acceptors (Lipinski definition) is 4. The molecule has 1 amide bonds. The van der Waals surface area contributed by atoms with Gasteiger partial charge in [0, 0.05) is 24.6 Å². The maximum atomic E-state index is 12.0. The maximum Gasteiger partial charge on any atom is 0.269 e. The van der Waals surface area contributed by atoms with E-state index < -0.39 is 4.92 Å². The number of amides is 1. The third-order valence-electron chi connectivity index (χ3n) is 3.65. The van der Waals surface area contributed by atoms with Gasteiger partial charge in [0.15, 0.2) is 0 Å². The molecule has 6 nitrogen and oxygen atoms in total. The topological polar surface area (TPSA) is 92.5 Å². The van der Waals surface area contributed by atoms with Crippen LogP contribution < -0.4 is 5.32 Å². The highest BCUT2D eigenvalue weighted by Crippen LogP contribution is 2.14. The molecule has 2 N–H and O–H groups in total. The molecule has 24 heavy (non-hydrogen) atoms. The Morgan fingerprint density at radius 3 is 2.58 bits per heavy atom. The first-order chi connectivity index (χ1) is 11.4. The summed E-state index contributed by atoms with van der Waals surface area (Å²) in [6.07, 6.45) is 1.41. The Morgan fingerprint density at radius 1 is 1.21 bits per heavy atom. The molecule has 0 radical (unpaired) electrons. The van der Waals surface area contributed by atoms with Crippen molar-refractivity contribution >= 4 is 11.6 Å². The summed E-state index contributed by atoms with van der Waals surface area (Å²) in [5.74, 6) is 0.125. The number of aromatic hydroxyl groups is 1. The number of phenols is 1. The van der Waals surface area contributed by atoms with Crippen LogP contribution in [0.25, 0.3) is 0 Å². The number of carbonyl (C=O) groups excluding carboxylic acids is 1. The lowest BCUT2D eigenvalue weighted by Crippen LogP contribution is -2.34. The van der Waals surface area contributed by atoms with E-state index in [4.69, 9.17) is 0 Å². The number of rotatable bonds is 7. The van der Waals surface area contributed by atoms with Crippen molar-refractivity contribution in [1.82, 2.24) is 5.32 Å². The Kier molecular flexibility index (Phi) is 5.89. The van der Waals surface area contributed by atoms with E-state index in [0.29, 0.717) is 12.8 Å². The molecule has 2 aromatic carbocycles.